The van der Waals surface area contributed by atoms with Crippen molar-refractivity contribution in [3.8, 4) is 11.3 Å². The predicted molar refractivity (Wildman–Crippen MR) is 111 cm³/mol. The van der Waals surface area contributed by atoms with Crippen molar-refractivity contribution >= 4 is 17.5 Å². The number of nitrogens with two attached hydrogens (primary N) is 1. The Morgan fingerprint density at radius 1 is 1.21 bits per heavy atom. The van der Waals surface area contributed by atoms with Crippen LogP contribution in [0.5, 0.6) is 0 Å². The number of amides is 2. The third-order valence-electron chi connectivity index (χ3n) is 5.13. The smallest absolute Gasteiger partial charge is 0.323 e. The lowest BCUT2D eigenvalue weighted by Gasteiger charge is -2.39. The molecule has 6 nitrogen and oxygen atoms in total. The highest BCUT2D eigenvalue weighted by Gasteiger charge is 2.31. The zero-order valence-corrected chi connectivity index (χ0v) is 16.1. The molecule has 0 bridgehead atoms. The van der Waals surface area contributed by atoms with Crippen molar-refractivity contribution in [2.75, 3.05) is 24.1 Å². The number of hydrogen-bond donors (Lipinski definition) is 2. The van der Waals surface area contributed by atoms with Gasteiger partial charge in [0.25, 0.3) is 0 Å². The molecule has 1 saturated heterocycles. The van der Waals surface area contributed by atoms with Crippen LogP contribution in [0, 0.1) is 18.7 Å². The number of benzene rings is 1. The molecule has 29 heavy (non-hydrogen) atoms. The molecule has 0 saturated carbocycles. The van der Waals surface area contributed by atoms with E-state index in [0.29, 0.717) is 36.2 Å². The van der Waals surface area contributed by atoms with E-state index in [1.165, 1.54) is 17.7 Å². The monoisotopic (exact) mass is 391 g/mol. The van der Waals surface area contributed by atoms with Crippen LogP contribution in [0.1, 0.15) is 11.1 Å². The summed E-state index contributed by atoms with van der Waals surface area (Å²) in [6.07, 6.45) is 4.48. The zero-order chi connectivity index (χ0) is 20.4. The Morgan fingerprint density at radius 2 is 1.97 bits per heavy atom. The van der Waals surface area contributed by atoms with Crippen LogP contribution < -0.4 is 11.1 Å². The Labute approximate surface area is 168 Å². The summed E-state index contributed by atoms with van der Waals surface area (Å²) in [7, 11) is 0. The number of carbonyl (C=O) groups is 1. The molecule has 2 aromatic heterocycles. The number of aryl methyl sites for hydroxylation is 1. The molecule has 0 aliphatic carbocycles. The van der Waals surface area contributed by atoms with Crippen molar-refractivity contribution < 1.29 is 9.18 Å². The van der Waals surface area contributed by atoms with Gasteiger partial charge in [-0.1, -0.05) is 0 Å². The topological polar surface area (TPSA) is 84.1 Å². The van der Waals surface area contributed by atoms with Crippen molar-refractivity contribution in [3.63, 3.8) is 0 Å². The van der Waals surface area contributed by atoms with Gasteiger partial charge in [0.1, 0.15) is 5.82 Å². The van der Waals surface area contributed by atoms with Crippen LogP contribution in [0.4, 0.5) is 20.7 Å². The molecule has 0 radical (unpaired) electrons. The molecule has 4 rings (SSSR count). The maximum atomic E-state index is 13.4. The highest BCUT2D eigenvalue weighted by Crippen LogP contribution is 2.27. The summed E-state index contributed by atoms with van der Waals surface area (Å²) >= 11 is 0. The molecule has 1 aromatic carbocycles. The van der Waals surface area contributed by atoms with Gasteiger partial charge in [-0.05, 0) is 72.9 Å². The Bertz CT molecular complexity index is 1030. The molecule has 148 valence electrons. The largest absolute Gasteiger partial charge is 0.396 e. The summed E-state index contributed by atoms with van der Waals surface area (Å²) in [5, 5.41) is 2.80. The van der Waals surface area contributed by atoms with E-state index in [1.54, 1.807) is 35.5 Å². The van der Waals surface area contributed by atoms with E-state index in [-0.39, 0.29) is 11.8 Å². The third kappa shape index (κ3) is 4.18. The first-order valence-corrected chi connectivity index (χ1v) is 9.47. The second-order valence-electron chi connectivity index (χ2n) is 7.35. The van der Waals surface area contributed by atoms with E-state index in [2.05, 4.69) is 15.3 Å². The molecular weight excluding hydrogens is 369 g/mol. The fraction of sp³-hybridized carbons (Fsp3) is 0.227. The van der Waals surface area contributed by atoms with Gasteiger partial charge < -0.3 is 10.6 Å². The van der Waals surface area contributed by atoms with Gasteiger partial charge in [0, 0.05) is 31.0 Å². The van der Waals surface area contributed by atoms with Crippen molar-refractivity contribution in [3.05, 3.63) is 71.8 Å². The van der Waals surface area contributed by atoms with Gasteiger partial charge in [-0.3, -0.25) is 10.3 Å². The molecule has 3 heterocycles. The van der Waals surface area contributed by atoms with Crippen LogP contribution in [-0.4, -0.2) is 34.0 Å². The van der Waals surface area contributed by atoms with E-state index in [0.717, 1.165) is 17.5 Å². The first kappa shape index (κ1) is 18.9. The number of nitrogen functional groups attached to an aromatic ring is 1. The second-order valence-corrected chi connectivity index (χ2v) is 7.35. The Hall–Kier alpha value is -3.48. The minimum absolute atomic E-state index is 0.219. The maximum absolute atomic E-state index is 13.4. The molecule has 0 unspecified atom stereocenters. The number of urea groups is 1. The number of anilines is 2. The summed E-state index contributed by atoms with van der Waals surface area (Å²) in [6, 6.07) is 11.8. The highest BCUT2D eigenvalue weighted by atomic mass is 19.1. The fourth-order valence-corrected chi connectivity index (χ4v) is 3.53. The molecule has 1 fully saturated rings. The van der Waals surface area contributed by atoms with E-state index in [4.69, 9.17) is 5.73 Å². The zero-order valence-electron chi connectivity index (χ0n) is 16.1. The maximum Gasteiger partial charge on any atom is 0.323 e. The average Bonchev–Trinajstić information content (AvgIpc) is 2.67. The van der Waals surface area contributed by atoms with E-state index < -0.39 is 0 Å². The molecule has 0 spiro atoms. The molecule has 3 N–H and O–H groups in total. The molecule has 7 heteroatoms. The number of aromatic nitrogens is 2. The summed E-state index contributed by atoms with van der Waals surface area (Å²) in [6.45, 7) is 3.19. The number of nitrogens with one attached hydrogen (secondary N) is 1. The van der Waals surface area contributed by atoms with Crippen molar-refractivity contribution in [2.24, 2.45) is 5.92 Å². The van der Waals surface area contributed by atoms with Crippen LogP contribution in [0.3, 0.4) is 0 Å². The first-order chi connectivity index (χ1) is 14.0. The van der Waals surface area contributed by atoms with Crippen LogP contribution >= 0.6 is 0 Å². The van der Waals surface area contributed by atoms with E-state index in [9.17, 15) is 9.18 Å². The summed E-state index contributed by atoms with van der Waals surface area (Å²) in [5.41, 5.74) is 9.80. The molecular formula is C22H22FN5O. The number of likely N-dealkylation sites (tertiary alicyclic amines) is 1. The molecule has 1 aliphatic rings. The van der Waals surface area contributed by atoms with Crippen LogP contribution in [0.25, 0.3) is 11.3 Å². The minimum Gasteiger partial charge on any atom is -0.396 e. The fourth-order valence-electron chi connectivity index (χ4n) is 3.53. The summed E-state index contributed by atoms with van der Waals surface area (Å²) < 4.78 is 13.4. The van der Waals surface area contributed by atoms with E-state index in [1.807, 2.05) is 19.1 Å². The van der Waals surface area contributed by atoms with Crippen molar-refractivity contribution in [1.29, 1.82) is 0 Å². The number of pyridine rings is 2. The Kier molecular flexibility index (Phi) is 5.12. The third-order valence-corrected chi connectivity index (χ3v) is 5.13. The first-order valence-electron chi connectivity index (χ1n) is 9.47. The van der Waals surface area contributed by atoms with Crippen LogP contribution in [0.2, 0.25) is 0 Å². The van der Waals surface area contributed by atoms with Gasteiger partial charge in [0.05, 0.1) is 11.4 Å². The van der Waals surface area contributed by atoms with Gasteiger partial charge in [-0.25, -0.2) is 14.2 Å². The Balaban J connectivity index is 1.41. The van der Waals surface area contributed by atoms with Gasteiger partial charge in [0.2, 0.25) is 0 Å². The lowest BCUT2D eigenvalue weighted by molar-refractivity contribution is 0.131. The number of rotatable bonds is 4. The second kappa shape index (κ2) is 7.87. The van der Waals surface area contributed by atoms with Gasteiger partial charge in [-0.2, -0.15) is 0 Å². The van der Waals surface area contributed by atoms with Crippen LogP contribution in [0.15, 0.2) is 54.9 Å². The minimum atomic E-state index is -0.297. The van der Waals surface area contributed by atoms with E-state index >= 15 is 0 Å². The van der Waals surface area contributed by atoms with Gasteiger partial charge in [0.15, 0.2) is 5.82 Å². The SMILES string of the molecule is Cc1cc(F)ccc1-c1ccc(N)c(NC(=O)N2CC(Cc3ccncc3)C2)n1. The number of carbonyl (C=O) groups excluding carboxylic acids is 1. The van der Waals surface area contributed by atoms with Gasteiger partial charge >= 0.3 is 6.03 Å². The highest BCUT2D eigenvalue weighted by molar-refractivity contribution is 5.92. The predicted octanol–water partition coefficient (Wildman–Crippen LogP) is 3.88. The normalized spacial score (nSPS) is 13.8. The standard InChI is InChI=1S/C22H22FN5O/c1-14-10-17(23)2-3-18(14)20-5-4-19(24)21(26-20)27-22(29)28-12-16(13-28)11-15-6-8-25-9-7-15/h2-10,16H,11-13,24H2,1H3,(H,26,27,29). The number of halogens is 1. The average molecular weight is 391 g/mol. The summed E-state index contributed by atoms with van der Waals surface area (Å²) in [5.74, 6) is 0.449. The van der Waals surface area contributed by atoms with Crippen molar-refractivity contribution in [1.82, 2.24) is 14.9 Å². The lowest BCUT2D eigenvalue weighted by Crippen LogP contribution is -2.52. The summed E-state index contributed by atoms with van der Waals surface area (Å²) in [4.78, 5) is 22.8. The lowest BCUT2D eigenvalue weighted by atomic mass is 9.93. The van der Waals surface area contributed by atoms with Gasteiger partial charge in [-0.15, -0.1) is 0 Å². The molecule has 3 aromatic rings. The molecule has 1 aliphatic heterocycles. The number of nitrogens with zero attached hydrogens (tertiary/aromatic N) is 3. The molecule has 0 atom stereocenters. The van der Waals surface area contributed by atoms with Crippen LogP contribution in [-0.2, 0) is 6.42 Å². The quantitative estimate of drug-likeness (QED) is 0.707. The number of hydrogen-bond acceptors (Lipinski definition) is 4. The molecule has 2 amide bonds. The Morgan fingerprint density at radius 3 is 2.69 bits per heavy atom. The van der Waals surface area contributed by atoms with Crippen molar-refractivity contribution in [2.45, 2.75) is 13.3 Å².